The van der Waals surface area contributed by atoms with Gasteiger partial charge in [0.1, 0.15) is 12.1 Å². The Morgan fingerprint density at radius 2 is 1.86 bits per heavy atom. The maximum Gasteiger partial charge on any atom is 0.197 e. The van der Waals surface area contributed by atoms with Gasteiger partial charge in [0.15, 0.2) is 11.4 Å². The molecule has 2 aliphatic heterocycles. The van der Waals surface area contributed by atoms with Gasteiger partial charge in [-0.15, -0.1) is 0 Å². The van der Waals surface area contributed by atoms with Gasteiger partial charge in [0.25, 0.3) is 0 Å². The molecule has 2 fully saturated rings. The maximum absolute atomic E-state index is 5.61. The molecule has 2 aliphatic rings. The number of hydrogen-bond donors (Lipinski definition) is 1. The summed E-state index contributed by atoms with van der Waals surface area (Å²) in [6, 6.07) is 4.33. The highest BCUT2D eigenvalue weighted by Crippen LogP contribution is 2.38. The van der Waals surface area contributed by atoms with Crippen molar-refractivity contribution in [3.8, 4) is 17.0 Å². The summed E-state index contributed by atoms with van der Waals surface area (Å²) in [6.07, 6.45) is 11.9. The minimum absolute atomic E-state index is 0.339. The van der Waals surface area contributed by atoms with Crippen molar-refractivity contribution in [3.05, 3.63) is 36.4 Å². The van der Waals surface area contributed by atoms with Crippen molar-refractivity contribution in [1.82, 2.24) is 24.6 Å². The molecule has 0 bridgehead atoms. The molecule has 4 aromatic heterocycles. The van der Waals surface area contributed by atoms with Gasteiger partial charge in [-0.2, -0.15) is 5.10 Å². The topological polar surface area (TPSA) is 80.6 Å². The first kappa shape index (κ1) is 23.3. The molecular formula is C28H36N6O2. The van der Waals surface area contributed by atoms with Crippen LogP contribution in [-0.4, -0.2) is 58.0 Å². The van der Waals surface area contributed by atoms with Crippen molar-refractivity contribution < 1.29 is 9.47 Å². The standard InChI is InChI=1S/C28H36N6O2/c1-18(2)26-22-14-25(33-8-4-19(5-9-33)12-20-6-10-36-11-7-20)29-15-23(22)32-27(26)21-13-24(35-3)28-30-17-31-34(28)16-21/h13-20,32H,4-12H2,1-3H3. The molecule has 190 valence electrons. The fourth-order valence-corrected chi connectivity index (χ4v) is 6.14. The van der Waals surface area contributed by atoms with Crippen LogP contribution < -0.4 is 9.64 Å². The van der Waals surface area contributed by atoms with Crippen LogP contribution in [0.3, 0.4) is 0 Å². The largest absolute Gasteiger partial charge is 0.493 e. The molecule has 0 amide bonds. The molecule has 6 heterocycles. The second-order valence-corrected chi connectivity index (χ2v) is 10.7. The Balaban J connectivity index is 1.27. The molecule has 8 nitrogen and oxygen atoms in total. The Hall–Kier alpha value is -3.13. The molecule has 0 unspecified atom stereocenters. The minimum Gasteiger partial charge on any atom is -0.493 e. The lowest BCUT2D eigenvalue weighted by Gasteiger charge is -2.35. The monoisotopic (exact) mass is 488 g/mol. The van der Waals surface area contributed by atoms with Gasteiger partial charge < -0.3 is 19.4 Å². The van der Waals surface area contributed by atoms with Crippen LogP contribution in [0.1, 0.15) is 57.4 Å². The number of aromatic amines is 1. The zero-order valence-electron chi connectivity index (χ0n) is 21.5. The highest BCUT2D eigenvalue weighted by molar-refractivity contribution is 5.92. The number of H-pyrrole nitrogens is 1. The van der Waals surface area contributed by atoms with Crippen molar-refractivity contribution in [2.45, 2.75) is 51.9 Å². The molecule has 0 aliphatic carbocycles. The van der Waals surface area contributed by atoms with E-state index in [1.54, 1.807) is 18.0 Å². The van der Waals surface area contributed by atoms with Crippen LogP contribution in [0.4, 0.5) is 5.82 Å². The fraction of sp³-hybridized carbons (Fsp3) is 0.536. The second kappa shape index (κ2) is 9.73. The first-order chi connectivity index (χ1) is 17.6. The Morgan fingerprint density at radius 3 is 2.61 bits per heavy atom. The van der Waals surface area contributed by atoms with Gasteiger partial charge in [-0.1, -0.05) is 13.8 Å². The number of methoxy groups -OCH3 is 1. The first-order valence-corrected chi connectivity index (χ1v) is 13.3. The van der Waals surface area contributed by atoms with E-state index in [-0.39, 0.29) is 0 Å². The Morgan fingerprint density at radius 1 is 1.08 bits per heavy atom. The first-order valence-electron chi connectivity index (χ1n) is 13.3. The zero-order valence-corrected chi connectivity index (χ0v) is 21.5. The Labute approximate surface area is 212 Å². The van der Waals surface area contributed by atoms with E-state index in [1.807, 2.05) is 18.5 Å². The fourth-order valence-electron chi connectivity index (χ4n) is 6.14. The SMILES string of the molecule is COc1cc(-c2[nH]c3cnc(N4CCC(CC5CCOCC5)CC4)cc3c2C(C)C)cn2ncnc12. The number of pyridine rings is 2. The van der Waals surface area contributed by atoms with E-state index < -0.39 is 0 Å². The molecule has 0 radical (unpaired) electrons. The van der Waals surface area contributed by atoms with Gasteiger partial charge in [0.2, 0.25) is 0 Å². The van der Waals surface area contributed by atoms with E-state index in [9.17, 15) is 0 Å². The number of piperidine rings is 1. The number of anilines is 1. The molecule has 0 saturated carbocycles. The van der Waals surface area contributed by atoms with Gasteiger partial charge in [0, 0.05) is 43.4 Å². The lowest BCUT2D eigenvalue weighted by Crippen LogP contribution is -2.35. The maximum atomic E-state index is 5.61. The Bertz CT molecular complexity index is 1350. The van der Waals surface area contributed by atoms with Crippen LogP contribution in [0.15, 0.2) is 30.9 Å². The molecule has 0 aromatic carbocycles. The summed E-state index contributed by atoms with van der Waals surface area (Å²) in [5.74, 6) is 3.82. The van der Waals surface area contributed by atoms with Crippen molar-refractivity contribution in [2.75, 3.05) is 38.3 Å². The van der Waals surface area contributed by atoms with E-state index in [2.05, 4.69) is 39.9 Å². The average molecular weight is 489 g/mol. The molecule has 1 N–H and O–H groups in total. The average Bonchev–Trinajstić information content (AvgIpc) is 3.53. The summed E-state index contributed by atoms with van der Waals surface area (Å²) in [4.78, 5) is 15.3. The van der Waals surface area contributed by atoms with Crippen LogP contribution >= 0.6 is 0 Å². The quantitative estimate of drug-likeness (QED) is 0.389. The van der Waals surface area contributed by atoms with E-state index in [0.717, 1.165) is 60.7 Å². The van der Waals surface area contributed by atoms with E-state index in [1.165, 1.54) is 43.1 Å². The van der Waals surface area contributed by atoms with Gasteiger partial charge in [-0.05, 0) is 67.6 Å². The third-order valence-electron chi connectivity index (χ3n) is 8.08. The molecule has 36 heavy (non-hydrogen) atoms. The number of nitrogens with zero attached hydrogens (tertiary/aromatic N) is 5. The number of ether oxygens (including phenoxy) is 2. The number of fused-ring (bicyclic) bond motifs is 2. The number of hydrogen-bond acceptors (Lipinski definition) is 6. The second-order valence-electron chi connectivity index (χ2n) is 10.7. The third-order valence-corrected chi connectivity index (χ3v) is 8.08. The summed E-state index contributed by atoms with van der Waals surface area (Å²) >= 11 is 0. The van der Waals surface area contributed by atoms with Crippen molar-refractivity contribution in [1.29, 1.82) is 0 Å². The van der Waals surface area contributed by atoms with Crippen LogP contribution in [-0.2, 0) is 4.74 Å². The molecule has 0 atom stereocenters. The number of rotatable bonds is 6. The van der Waals surface area contributed by atoms with Gasteiger partial charge in [0.05, 0.1) is 24.5 Å². The van der Waals surface area contributed by atoms with Gasteiger partial charge in [-0.3, -0.25) is 0 Å². The van der Waals surface area contributed by atoms with Crippen LogP contribution in [0.2, 0.25) is 0 Å². The summed E-state index contributed by atoms with van der Waals surface area (Å²) in [6.45, 7) is 8.56. The molecule has 2 saturated heterocycles. The van der Waals surface area contributed by atoms with Gasteiger partial charge >= 0.3 is 0 Å². The molecular weight excluding hydrogens is 452 g/mol. The van der Waals surface area contributed by atoms with Crippen LogP contribution in [0.25, 0.3) is 27.8 Å². The molecule has 4 aromatic rings. The summed E-state index contributed by atoms with van der Waals surface area (Å²) in [7, 11) is 1.67. The van der Waals surface area contributed by atoms with Gasteiger partial charge in [-0.25, -0.2) is 14.5 Å². The van der Waals surface area contributed by atoms with E-state index in [4.69, 9.17) is 14.5 Å². The normalized spacial score (nSPS) is 18.1. The highest BCUT2D eigenvalue weighted by atomic mass is 16.5. The highest BCUT2D eigenvalue weighted by Gasteiger charge is 2.25. The summed E-state index contributed by atoms with van der Waals surface area (Å²) in [5.41, 5.74) is 5.19. The van der Waals surface area contributed by atoms with Crippen LogP contribution in [0.5, 0.6) is 5.75 Å². The van der Waals surface area contributed by atoms with Crippen LogP contribution in [0, 0.1) is 11.8 Å². The number of nitrogens with one attached hydrogen (secondary N) is 1. The zero-order chi connectivity index (χ0) is 24.6. The Kier molecular flexibility index (Phi) is 6.29. The van der Waals surface area contributed by atoms with Crippen molar-refractivity contribution >= 4 is 22.4 Å². The van der Waals surface area contributed by atoms with E-state index in [0.29, 0.717) is 17.3 Å². The lowest BCUT2D eigenvalue weighted by atomic mass is 9.84. The lowest BCUT2D eigenvalue weighted by molar-refractivity contribution is 0.0571. The minimum atomic E-state index is 0.339. The number of aromatic nitrogens is 5. The summed E-state index contributed by atoms with van der Waals surface area (Å²) in [5, 5.41) is 5.59. The molecule has 6 rings (SSSR count). The molecule has 0 spiro atoms. The summed E-state index contributed by atoms with van der Waals surface area (Å²) < 4.78 is 12.9. The van der Waals surface area contributed by atoms with Crippen molar-refractivity contribution in [2.24, 2.45) is 11.8 Å². The predicted molar refractivity (Wildman–Crippen MR) is 142 cm³/mol. The van der Waals surface area contributed by atoms with E-state index >= 15 is 0 Å². The molecule has 8 heteroatoms. The smallest absolute Gasteiger partial charge is 0.197 e. The van der Waals surface area contributed by atoms with Crippen molar-refractivity contribution in [3.63, 3.8) is 0 Å². The predicted octanol–water partition coefficient (Wildman–Crippen LogP) is 5.44. The third kappa shape index (κ3) is 4.32.